The van der Waals surface area contributed by atoms with Crippen LogP contribution in [0.5, 0.6) is 5.75 Å². The zero-order valence-corrected chi connectivity index (χ0v) is 16.2. The molecule has 0 bridgehead atoms. The minimum atomic E-state index is -0.674. The van der Waals surface area contributed by atoms with Crippen LogP contribution in [0.2, 0.25) is 0 Å². The largest absolute Gasteiger partial charge is 0.497 e. The number of para-hydroxylation sites is 1. The number of aromatic nitrogens is 1. The number of rotatable bonds is 6. The zero-order chi connectivity index (χ0) is 19.4. The lowest BCUT2D eigenvalue weighted by Gasteiger charge is -2.21. The molecule has 27 heavy (non-hydrogen) atoms. The van der Waals surface area contributed by atoms with Crippen LogP contribution in [0.4, 0.5) is 5.13 Å². The Morgan fingerprint density at radius 2 is 1.78 bits per heavy atom. The first kappa shape index (κ1) is 18.8. The number of carbonyl (C=O) groups excluding carboxylic acids is 2. The standard InChI is InChI=1S/C20H21N3O3S/c1-12(2)17(22-18(24)13-8-10-14(26-3)11-9-13)19(25)23-20-21-15-6-4-5-7-16(15)27-20/h4-12,17H,1-3H3,(H,22,24)(H,21,23,25). The van der Waals surface area contributed by atoms with E-state index in [0.717, 1.165) is 10.2 Å². The van der Waals surface area contributed by atoms with Gasteiger partial charge in [0.05, 0.1) is 17.3 Å². The molecule has 1 aromatic heterocycles. The van der Waals surface area contributed by atoms with Crippen LogP contribution in [0.15, 0.2) is 48.5 Å². The number of amides is 2. The van der Waals surface area contributed by atoms with Gasteiger partial charge >= 0.3 is 0 Å². The molecule has 1 atom stereocenters. The summed E-state index contributed by atoms with van der Waals surface area (Å²) in [5, 5.41) is 6.15. The molecule has 0 radical (unpaired) electrons. The van der Waals surface area contributed by atoms with Crippen molar-refractivity contribution in [3.63, 3.8) is 0 Å². The molecular formula is C20H21N3O3S. The van der Waals surface area contributed by atoms with E-state index in [4.69, 9.17) is 4.74 Å². The summed E-state index contributed by atoms with van der Waals surface area (Å²) in [4.78, 5) is 29.6. The Kier molecular flexibility index (Phi) is 5.71. The fourth-order valence-electron chi connectivity index (χ4n) is 2.61. The Labute approximate surface area is 161 Å². The summed E-state index contributed by atoms with van der Waals surface area (Å²) in [6, 6.07) is 13.7. The number of hydrogen-bond donors (Lipinski definition) is 2. The molecule has 0 spiro atoms. The molecule has 0 aliphatic heterocycles. The Bertz CT molecular complexity index is 918. The summed E-state index contributed by atoms with van der Waals surface area (Å²) in [7, 11) is 1.57. The minimum Gasteiger partial charge on any atom is -0.497 e. The van der Waals surface area contributed by atoms with E-state index in [2.05, 4.69) is 15.6 Å². The van der Waals surface area contributed by atoms with Crippen LogP contribution in [0.3, 0.4) is 0 Å². The lowest BCUT2D eigenvalue weighted by Crippen LogP contribution is -2.47. The fraction of sp³-hybridized carbons (Fsp3) is 0.250. The molecule has 0 aliphatic carbocycles. The van der Waals surface area contributed by atoms with E-state index in [0.29, 0.717) is 16.4 Å². The van der Waals surface area contributed by atoms with Gasteiger partial charge in [-0.2, -0.15) is 0 Å². The Hall–Kier alpha value is -2.93. The van der Waals surface area contributed by atoms with Gasteiger partial charge in [0.25, 0.3) is 5.91 Å². The third-order valence-electron chi connectivity index (χ3n) is 4.11. The highest BCUT2D eigenvalue weighted by Crippen LogP contribution is 2.25. The molecule has 7 heteroatoms. The van der Waals surface area contributed by atoms with Gasteiger partial charge in [0.2, 0.25) is 5.91 Å². The van der Waals surface area contributed by atoms with E-state index in [1.54, 1.807) is 31.4 Å². The van der Waals surface area contributed by atoms with Crippen molar-refractivity contribution in [2.24, 2.45) is 5.92 Å². The lowest BCUT2D eigenvalue weighted by atomic mass is 10.0. The molecule has 2 amide bonds. The molecular weight excluding hydrogens is 362 g/mol. The van der Waals surface area contributed by atoms with Gasteiger partial charge in [0.1, 0.15) is 11.8 Å². The quantitative estimate of drug-likeness (QED) is 0.680. The average molecular weight is 383 g/mol. The first-order valence-electron chi connectivity index (χ1n) is 8.59. The maximum absolute atomic E-state index is 12.7. The van der Waals surface area contributed by atoms with E-state index in [1.165, 1.54) is 11.3 Å². The topological polar surface area (TPSA) is 80.3 Å². The molecule has 3 aromatic rings. The highest BCUT2D eigenvalue weighted by Gasteiger charge is 2.25. The van der Waals surface area contributed by atoms with E-state index in [-0.39, 0.29) is 17.7 Å². The van der Waals surface area contributed by atoms with Crippen molar-refractivity contribution in [3.05, 3.63) is 54.1 Å². The molecule has 2 N–H and O–H groups in total. The SMILES string of the molecule is COc1ccc(C(=O)NC(C(=O)Nc2nc3ccccc3s2)C(C)C)cc1. The molecule has 1 heterocycles. The van der Waals surface area contributed by atoms with Crippen LogP contribution >= 0.6 is 11.3 Å². The molecule has 0 saturated carbocycles. The third-order valence-corrected chi connectivity index (χ3v) is 5.06. The van der Waals surface area contributed by atoms with Crippen molar-refractivity contribution in [2.45, 2.75) is 19.9 Å². The second kappa shape index (κ2) is 8.18. The van der Waals surface area contributed by atoms with Crippen LogP contribution in [0.1, 0.15) is 24.2 Å². The van der Waals surface area contributed by atoms with Crippen LogP contribution < -0.4 is 15.4 Å². The van der Waals surface area contributed by atoms with Crippen LogP contribution in [-0.4, -0.2) is 29.9 Å². The van der Waals surface area contributed by atoms with Gasteiger partial charge in [-0.3, -0.25) is 9.59 Å². The highest BCUT2D eigenvalue weighted by atomic mass is 32.1. The second-order valence-corrected chi connectivity index (χ2v) is 7.43. The maximum atomic E-state index is 12.7. The van der Waals surface area contributed by atoms with E-state index in [1.807, 2.05) is 38.1 Å². The Balaban J connectivity index is 1.71. The summed E-state index contributed by atoms with van der Waals surface area (Å²) in [6.07, 6.45) is 0. The van der Waals surface area contributed by atoms with Crippen LogP contribution in [-0.2, 0) is 4.79 Å². The van der Waals surface area contributed by atoms with Crippen molar-refractivity contribution in [1.82, 2.24) is 10.3 Å². The first-order chi connectivity index (χ1) is 13.0. The Morgan fingerprint density at radius 1 is 1.07 bits per heavy atom. The molecule has 0 saturated heterocycles. The Morgan fingerprint density at radius 3 is 2.41 bits per heavy atom. The van der Waals surface area contributed by atoms with Gasteiger partial charge in [-0.25, -0.2) is 4.98 Å². The first-order valence-corrected chi connectivity index (χ1v) is 9.41. The number of anilines is 1. The van der Waals surface area contributed by atoms with E-state index < -0.39 is 6.04 Å². The summed E-state index contributed by atoms with van der Waals surface area (Å²) >= 11 is 1.40. The van der Waals surface area contributed by atoms with Crippen molar-refractivity contribution in [2.75, 3.05) is 12.4 Å². The van der Waals surface area contributed by atoms with Crippen molar-refractivity contribution < 1.29 is 14.3 Å². The van der Waals surface area contributed by atoms with Gasteiger partial charge in [0, 0.05) is 5.56 Å². The zero-order valence-electron chi connectivity index (χ0n) is 15.4. The normalized spacial score (nSPS) is 12.0. The molecule has 140 valence electrons. The van der Waals surface area contributed by atoms with Gasteiger partial charge < -0.3 is 15.4 Å². The molecule has 3 rings (SSSR count). The minimum absolute atomic E-state index is 0.0819. The molecule has 1 unspecified atom stereocenters. The molecule has 6 nitrogen and oxygen atoms in total. The third kappa shape index (κ3) is 4.43. The average Bonchev–Trinajstić information content (AvgIpc) is 3.07. The number of nitrogens with zero attached hydrogens (tertiary/aromatic N) is 1. The number of methoxy groups -OCH3 is 1. The second-order valence-electron chi connectivity index (χ2n) is 6.40. The lowest BCUT2D eigenvalue weighted by molar-refractivity contribution is -0.118. The number of thiazole rings is 1. The number of ether oxygens (including phenoxy) is 1. The summed E-state index contributed by atoms with van der Waals surface area (Å²) < 4.78 is 6.09. The predicted octanol–water partition coefficient (Wildman–Crippen LogP) is 3.70. The van der Waals surface area contributed by atoms with Gasteiger partial charge in [0.15, 0.2) is 5.13 Å². The predicted molar refractivity (Wildman–Crippen MR) is 107 cm³/mol. The molecule has 0 aliphatic rings. The number of hydrogen-bond acceptors (Lipinski definition) is 5. The van der Waals surface area contributed by atoms with E-state index in [9.17, 15) is 9.59 Å². The van der Waals surface area contributed by atoms with Gasteiger partial charge in [-0.1, -0.05) is 37.3 Å². The molecule has 2 aromatic carbocycles. The van der Waals surface area contributed by atoms with Crippen molar-refractivity contribution in [3.8, 4) is 5.75 Å². The van der Waals surface area contributed by atoms with Gasteiger partial charge in [-0.15, -0.1) is 0 Å². The number of fused-ring (bicyclic) bond motifs is 1. The van der Waals surface area contributed by atoms with E-state index >= 15 is 0 Å². The summed E-state index contributed by atoms with van der Waals surface area (Å²) in [5.74, 6) is -0.0103. The van der Waals surface area contributed by atoms with Crippen molar-refractivity contribution >= 4 is 38.5 Å². The highest BCUT2D eigenvalue weighted by molar-refractivity contribution is 7.22. The summed E-state index contributed by atoms with van der Waals surface area (Å²) in [6.45, 7) is 3.77. The van der Waals surface area contributed by atoms with Crippen LogP contribution in [0.25, 0.3) is 10.2 Å². The maximum Gasteiger partial charge on any atom is 0.251 e. The summed E-state index contributed by atoms with van der Waals surface area (Å²) in [5.41, 5.74) is 1.30. The van der Waals surface area contributed by atoms with Crippen LogP contribution in [0, 0.1) is 5.92 Å². The molecule has 0 fully saturated rings. The van der Waals surface area contributed by atoms with Crippen molar-refractivity contribution in [1.29, 1.82) is 0 Å². The van der Waals surface area contributed by atoms with Gasteiger partial charge in [-0.05, 0) is 42.3 Å². The smallest absolute Gasteiger partial charge is 0.251 e. The number of carbonyl (C=O) groups is 2. The monoisotopic (exact) mass is 383 g/mol. The number of nitrogens with one attached hydrogen (secondary N) is 2. The fourth-order valence-corrected chi connectivity index (χ4v) is 3.48. The number of benzene rings is 2.